The molecule has 1 aromatic heterocycles. The van der Waals surface area contributed by atoms with Gasteiger partial charge in [0.2, 0.25) is 11.8 Å². The summed E-state index contributed by atoms with van der Waals surface area (Å²) in [4.78, 5) is 30.9. The number of carbonyl (C=O) groups is 2. The Morgan fingerprint density at radius 1 is 1.00 bits per heavy atom. The maximum atomic E-state index is 11.7. The van der Waals surface area contributed by atoms with E-state index in [4.69, 9.17) is 22.1 Å². The predicted octanol–water partition coefficient (Wildman–Crippen LogP) is 2.08. The van der Waals surface area contributed by atoms with Gasteiger partial charge in [-0.25, -0.2) is 14.6 Å². The molecule has 9 heteroatoms. The SMILES string of the molecule is COC(=O)c1cc(Oc2cc(Cl)nc(N)n2)cc(C(=O)OC)c1. The van der Waals surface area contributed by atoms with E-state index in [1.165, 1.54) is 38.5 Å². The van der Waals surface area contributed by atoms with Gasteiger partial charge in [0.1, 0.15) is 10.9 Å². The van der Waals surface area contributed by atoms with E-state index in [1.807, 2.05) is 0 Å². The number of halogens is 1. The number of ether oxygens (including phenoxy) is 3. The van der Waals surface area contributed by atoms with Crippen LogP contribution in [0.15, 0.2) is 24.3 Å². The number of hydrogen-bond donors (Lipinski definition) is 1. The van der Waals surface area contributed by atoms with Gasteiger partial charge in [-0.2, -0.15) is 4.98 Å². The molecule has 0 radical (unpaired) electrons. The minimum Gasteiger partial charge on any atom is -0.465 e. The number of nitrogens with two attached hydrogens (primary N) is 1. The molecule has 2 rings (SSSR count). The number of hydrogen-bond acceptors (Lipinski definition) is 8. The Labute approximate surface area is 136 Å². The highest BCUT2D eigenvalue weighted by Crippen LogP contribution is 2.25. The fraction of sp³-hybridized carbons (Fsp3) is 0.143. The lowest BCUT2D eigenvalue weighted by atomic mass is 10.1. The van der Waals surface area contributed by atoms with Crippen molar-refractivity contribution in [2.45, 2.75) is 0 Å². The van der Waals surface area contributed by atoms with E-state index < -0.39 is 11.9 Å². The van der Waals surface area contributed by atoms with Crippen LogP contribution in [0.2, 0.25) is 5.15 Å². The molecule has 2 aromatic rings. The second-order valence-corrected chi connectivity index (χ2v) is 4.61. The summed E-state index contributed by atoms with van der Waals surface area (Å²) < 4.78 is 14.7. The predicted molar refractivity (Wildman–Crippen MR) is 80.6 cm³/mol. The van der Waals surface area contributed by atoms with Crippen LogP contribution in [0.25, 0.3) is 0 Å². The van der Waals surface area contributed by atoms with Crippen molar-refractivity contribution in [3.8, 4) is 11.6 Å². The van der Waals surface area contributed by atoms with Crippen LogP contribution in [0, 0.1) is 0 Å². The van der Waals surface area contributed by atoms with Crippen LogP contribution >= 0.6 is 11.6 Å². The maximum absolute atomic E-state index is 11.7. The Morgan fingerprint density at radius 2 is 1.57 bits per heavy atom. The zero-order valence-electron chi connectivity index (χ0n) is 12.2. The van der Waals surface area contributed by atoms with Crippen LogP contribution < -0.4 is 10.5 Å². The normalized spacial score (nSPS) is 10.0. The summed E-state index contributed by atoms with van der Waals surface area (Å²) in [6.45, 7) is 0. The summed E-state index contributed by atoms with van der Waals surface area (Å²) in [5.41, 5.74) is 5.70. The van der Waals surface area contributed by atoms with E-state index >= 15 is 0 Å². The van der Waals surface area contributed by atoms with Crippen LogP contribution in [0.4, 0.5) is 5.95 Å². The third-order valence-electron chi connectivity index (χ3n) is 2.66. The molecule has 1 heterocycles. The number of anilines is 1. The van der Waals surface area contributed by atoms with Gasteiger partial charge in [-0.15, -0.1) is 0 Å². The maximum Gasteiger partial charge on any atom is 0.338 e. The first-order valence-electron chi connectivity index (χ1n) is 6.22. The largest absolute Gasteiger partial charge is 0.465 e. The van der Waals surface area contributed by atoms with E-state index in [1.54, 1.807) is 0 Å². The van der Waals surface area contributed by atoms with E-state index in [-0.39, 0.29) is 33.9 Å². The first-order valence-corrected chi connectivity index (χ1v) is 6.60. The molecule has 8 nitrogen and oxygen atoms in total. The summed E-state index contributed by atoms with van der Waals surface area (Å²) in [6, 6.07) is 5.42. The first kappa shape index (κ1) is 16.5. The Balaban J connectivity index is 2.43. The number of rotatable bonds is 4. The number of methoxy groups -OCH3 is 2. The van der Waals surface area contributed by atoms with Gasteiger partial charge in [0, 0.05) is 6.07 Å². The Hall–Kier alpha value is -2.87. The minimum absolute atomic E-state index is 0.0559. The van der Waals surface area contributed by atoms with Crippen LogP contribution in [-0.4, -0.2) is 36.1 Å². The van der Waals surface area contributed by atoms with Crippen molar-refractivity contribution in [2.75, 3.05) is 20.0 Å². The molecule has 1 aromatic carbocycles. The lowest BCUT2D eigenvalue weighted by Crippen LogP contribution is -2.07. The lowest BCUT2D eigenvalue weighted by Gasteiger charge is -2.09. The van der Waals surface area contributed by atoms with Gasteiger partial charge in [0.15, 0.2) is 0 Å². The molecule has 0 aliphatic rings. The van der Waals surface area contributed by atoms with Crippen LogP contribution in [-0.2, 0) is 9.47 Å². The zero-order valence-corrected chi connectivity index (χ0v) is 13.0. The molecular weight excluding hydrogens is 326 g/mol. The molecule has 2 N–H and O–H groups in total. The summed E-state index contributed by atoms with van der Waals surface area (Å²) in [5.74, 6) is -1.14. The van der Waals surface area contributed by atoms with Crippen molar-refractivity contribution in [1.82, 2.24) is 9.97 Å². The molecule has 0 aliphatic carbocycles. The fourth-order valence-corrected chi connectivity index (χ4v) is 1.90. The molecule has 0 fully saturated rings. The summed E-state index contributed by atoms with van der Waals surface area (Å²) in [6.07, 6.45) is 0. The average molecular weight is 338 g/mol. The van der Waals surface area contributed by atoms with Crippen molar-refractivity contribution >= 4 is 29.5 Å². The fourth-order valence-electron chi connectivity index (χ4n) is 1.72. The second kappa shape index (κ2) is 6.93. The number of carbonyl (C=O) groups excluding carboxylic acids is 2. The Bertz CT molecular complexity index is 712. The quantitative estimate of drug-likeness (QED) is 0.666. The number of aromatic nitrogens is 2. The van der Waals surface area contributed by atoms with Crippen molar-refractivity contribution in [3.05, 3.63) is 40.5 Å². The molecule has 120 valence electrons. The molecule has 0 bridgehead atoms. The van der Waals surface area contributed by atoms with E-state index in [9.17, 15) is 9.59 Å². The monoisotopic (exact) mass is 337 g/mol. The number of nitrogen functional groups attached to an aromatic ring is 1. The summed E-state index contributed by atoms with van der Waals surface area (Å²) in [7, 11) is 2.44. The molecule has 0 saturated heterocycles. The van der Waals surface area contributed by atoms with Gasteiger partial charge in [-0.3, -0.25) is 0 Å². The molecule has 0 amide bonds. The molecule has 0 spiro atoms. The van der Waals surface area contributed by atoms with Crippen LogP contribution in [0.5, 0.6) is 11.6 Å². The minimum atomic E-state index is -0.638. The Morgan fingerprint density at radius 3 is 2.04 bits per heavy atom. The molecule has 23 heavy (non-hydrogen) atoms. The van der Waals surface area contributed by atoms with E-state index in [0.29, 0.717) is 0 Å². The van der Waals surface area contributed by atoms with Gasteiger partial charge < -0.3 is 19.9 Å². The second-order valence-electron chi connectivity index (χ2n) is 4.22. The van der Waals surface area contributed by atoms with Crippen molar-refractivity contribution < 1.29 is 23.8 Å². The van der Waals surface area contributed by atoms with Gasteiger partial charge in [-0.1, -0.05) is 11.6 Å². The molecule has 0 atom stereocenters. The highest BCUT2D eigenvalue weighted by atomic mass is 35.5. The van der Waals surface area contributed by atoms with E-state index in [0.717, 1.165) is 0 Å². The molecular formula is C14H12ClN3O5. The van der Waals surface area contributed by atoms with Gasteiger partial charge in [0.05, 0.1) is 25.3 Å². The zero-order chi connectivity index (χ0) is 17.0. The van der Waals surface area contributed by atoms with E-state index in [2.05, 4.69) is 19.4 Å². The first-order chi connectivity index (χ1) is 10.9. The highest BCUT2D eigenvalue weighted by Gasteiger charge is 2.15. The van der Waals surface area contributed by atoms with Crippen LogP contribution in [0.1, 0.15) is 20.7 Å². The average Bonchev–Trinajstić information content (AvgIpc) is 2.51. The third kappa shape index (κ3) is 4.07. The standard InChI is InChI=1S/C14H12ClN3O5/c1-21-12(19)7-3-8(13(20)22-2)5-9(4-7)23-11-6-10(15)17-14(16)18-11/h3-6H,1-2H3,(H2,16,17,18). The lowest BCUT2D eigenvalue weighted by molar-refractivity contribution is 0.0598. The van der Waals surface area contributed by atoms with Crippen LogP contribution in [0.3, 0.4) is 0 Å². The van der Waals surface area contributed by atoms with Crippen molar-refractivity contribution in [3.63, 3.8) is 0 Å². The van der Waals surface area contributed by atoms with Crippen molar-refractivity contribution in [2.24, 2.45) is 0 Å². The van der Waals surface area contributed by atoms with Gasteiger partial charge in [-0.05, 0) is 18.2 Å². The number of nitrogens with zero attached hydrogens (tertiary/aromatic N) is 2. The van der Waals surface area contributed by atoms with Crippen molar-refractivity contribution in [1.29, 1.82) is 0 Å². The number of esters is 2. The molecule has 0 aliphatic heterocycles. The molecule has 0 saturated carbocycles. The topological polar surface area (TPSA) is 114 Å². The third-order valence-corrected chi connectivity index (χ3v) is 2.85. The van der Waals surface area contributed by atoms with Gasteiger partial charge in [0.25, 0.3) is 0 Å². The smallest absolute Gasteiger partial charge is 0.338 e. The highest BCUT2D eigenvalue weighted by molar-refractivity contribution is 6.29. The Kier molecular flexibility index (Phi) is 4.97. The molecule has 0 unspecified atom stereocenters. The number of benzene rings is 1. The summed E-state index contributed by atoms with van der Waals surface area (Å²) >= 11 is 5.77. The summed E-state index contributed by atoms with van der Waals surface area (Å²) in [5, 5.41) is 0.0878. The van der Waals surface area contributed by atoms with Gasteiger partial charge >= 0.3 is 11.9 Å².